The summed E-state index contributed by atoms with van der Waals surface area (Å²) in [4.78, 5) is 0. The van der Waals surface area contributed by atoms with Crippen LogP contribution in [-0.2, 0) is 12.8 Å². The molecule has 3 heteroatoms. The van der Waals surface area contributed by atoms with Crippen LogP contribution >= 0.6 is 15.9 Å². The van der Waals surface area contributed by atoms with Crippen molar-refractivity contribution < 1.29 is 10.2 Å². The highest BCUT2D eigenvalue weighted by molar-refractivity contribution is 9.10. The highest BCUT2D eigenvalue weighted by atomic mass is 79.9. The van der Waals surface area contributed by atoms with Gasteiger partial charge in [0, 0.05) is 4.47 Å². The minimum absolute atomic E-state index is 0.0367. The predicted molar refractivity (Wildman–Crippen MR) is 80.6 cm³/mol. The van der Waals surface area contributed by atoms with Crippen LogP contribution in [0.4, 0.5) is 0 Å². The lowest BCUT2D eigenvalue weighted by molar-refractivity contribution is 0.403. The maximum absolute atomic E-state index is 9.41. The molecule has 0 unspecified atom stereocenters. The summed E-state index contributed by atoms with van der Waals surface area (Å²) in [6, 6.07) is 13.4. The van der Waals surface area contributed by atoms with Crippen LogP contribution in [0.25, 0.3) is 0 Å². The maximum Gasteiger partial charge on any atom is 0.157 e. The number of phenolic OH excluding ortho intramolecular Hbond substituents is 2. The zero-order valence-electron chi connectivity index (χ0n) is 10.6. The summed E-state index contributed by atoms with van der Waals surface area (Å²) < 4.78 is 1.11. The van der Waals surface area contributed by atoms with Crippen LogP contribution < -0.4 is 0 Å². The Labute approximate surface area is 121 Å². The van der Waals surface area contributed by atoms with E-state index in [1.54, 1.807) is 12.1 Å². The second-order valence-electron chi connectivity index (χ2n) is 4.66. The molecule has 0 amide bonds. The Bertz CT molecular complexity index is 535. The zero-order valence-corrected chi connectivity index (χ0v) is 12.2. The van der Waals surface area contributed by atoms with Gasteiger partial charge in [-0.2, -0.15) is 0 Å². The topological polar surface area (TPSA) is 40.5 Å². The molecule has 0 aromatic heterocycles. The molecule has 0 aliphatic rings. The van der Waals surface area contributed by atoms with Gasteiger partial charge in [0.15, 0.2) is 11.5 Å². The van der Waals surface area contributed by atoms with E-state index in [2.05, 4.69) is 40.2 Å². The van der Waals surface area contributed by atoms with Crippen LogP contribution in [0.15, 0.2) is 46.9 Å². The molecule has 0 atom stereocenters. The summed E-state index contributed by atoms with van der Waals surface area (Å²) in [7, 11) is 0. The lowest BCUT2D eigenvalue weighted by Crippen LogP contribution is -1.89. The molecule has 0 saturated heterocycles. The van der Waals surface area contributed by atoms with Gasteiger partial charge in [0.25, 0.3) is 0 Å². The van der Waals surface area contributed by atoms with E-state index in [-0.39, 0.29) is 11.5 Å². The molecular formula is C16H17BrO2. The quantitative estimate of drug-likeness (QED) is 0.632. The minimum atomic E-state index is -0.0568. The standard InChI is InChI=1S/C16H17BrO2/c17-14-8-5-12(6-9-14)3-1-2-4-13-7-10-15(18)16(19)11-13/h5-11,18-19H,1-4H2. The molecule has 2 aromatic carbocycles. The van der Waals surface area contributed by atoms with Crippen LogP contribution in [0.3, 0.4) is 0 Å². The molecule has 0 radical (unpaired) electrons. The van der Waals surface area contributed by atoms with E-state index >= 15 is 0 Å². The van der Waals surface area contributed by atoms with Gasteiger partial charge in [-0.05, 0) is 61.1 Å². The van der Waals surface area contributed by atoms with Crippen LogP contribution in [0.1, 0.15) is 24.0 Å². The minimum Gasteiger partial charge on any atom is -0.504 e. The Kier molecular flexibility index (Phi) is 4.86. The van der Waals surface area contributed by atoms with Crippen molar-refractivity contribution in [3.63, 3.8) is 0 Å². The third-order valence-electron chi connectivity index (χ3n) is 3.13. The van der Waals surface area contributed by atoms with Crippen molar-refractivity contribution in [2.75, 3.05) is 0 Å². The van der Waals surface area contributed by atoms with Crippen molar-refractivity contribution in [2.45, 2.75) is 25.7 Å². The van der Waals surface area contributed by atoms with E-state index in [4.69, 9.17) is 0 Å². The summed E-state index contributed by atoms with van der Waals surface area (Å²) in [5, 5.41) is 18.6. The predicted octanol–water partition coefficient (Wildman–Crippen LogP) is 4.43. The second kappa shape index (κ2) is 6.62. The summed E-state index contributed by atoms with van der Waals surface area (Å²) in [6.45, 7) is 0. The number of hydrogen-bond donors (Lipinski definition) is 2. The zero-order chi connectivity index (χ0) is 13.7. The maximum atomic E-state index is 9.41. The van der Waals surface area contributed by atoms with Gasteiger partial charge in [-0.3, -0.25) is 0 Å². The van der Waals surface area contributed by atoms with Gasteiger partial charge in [-0.15, -0.1) is 0 Å². The van der Waals surface area contributed by atoms with Crippen LogP contribution in [0, 0.1) is 0 Å². The van der Waals surface area contributed by atoms with E-state index in [0.717, 1.165) is 35.7 Å². The number of benzene rings is 2. The SMILES string of the molecule is Oc1ccc(CCCCc2ccc(Br)cc2)cc1O. The Morgan fingerprint density at radius 1 is 0.737 bits per heavy atom. The van der Waals surface area contributed by atoms with Gasteiger partial charge in [0.05, 0.1) is 0 Å². The number of rotatable bonds is 5. The Morgan fingerprint density at radius 2 is 1.32 bits per heavy atom. The number of hydrogen-bond acceptors (Lipinski definition) is 2. The van der Waals surface area contributed by atoms with Crippen molar-refractivity contribution >= 4 is 15.9 Å². The number of aryl methyl sites for hydroxylation is 2. The first-order chi connectivity index (χ1) is 9.15. The van der Waals surface area contributed by atoms with Crippen LogP contribution in [0.5, 0.6) is 11.5 Å². The monoisotopic (exact) mass is 320 g/mol. The molecule has 100 valence electrons. The third kappa shape index (κ3) is 4.28. The van der Waals surface area contributed by atoms with E-state index in [1.807, 2.05) is 6.07 Å². The summed E-state index contributed by atoms with van der Waals surface area (Å²) in [6.07, 6.45) is 4.17. The van der Waals surface area contributed by atoms with Crippen molar-refractivity contribution in [1.82, 2.24) is 0 Å². The fourth-order valence-corrected chi connectivity index (χ4v) is 2.30. The molecule has 2 nitrogen and oxygen atoms in total. The molecule has 0 aliphatic carbocycles. The van der Waals surface area contributed by atoms with Gasteiger partial charge in [-0.25, -0.2) is 0 Å². The summed E-state index contributed by atoms with van der Waals surface area (Å²) >= 11 is 3.43. The van der Waals surface area contributed by atoms with Gasteiger partial charge >= 0.3 is 0 Å². The number of aromatic hydroxyl groups is 2. The molecule has 0 aliphatic heterocycles. The molecule has 19 heavy (non-hydrogen) atoms. The fraction of sp³-hybridized carbons (Fsp3) is 0.250. The van der Waals surface area contributed by atoms with Crippen molar-refractivity contribution in [3.05, 3.63) is 58.1 Å². The first-order valence-electron chi connectivity index (χ1n) is 6.40. The molecule has 0 saturated carbocycles. The van der Waals surface area contributed by atoms with Crippen molar-refractivity contribution in [3.8, 4) is 11.5 Å². The van der Waals surface area contributed by atoms with Gasteiger partial charge in [0.2, 0.25) is 0 Å². The average molecular weight is 321 g/mol. The number of halogens is 1. The van der Waals surface area contributed by atoms with E-state index in [9.17, 15) is 10.2 Å². The van der Waals surface area contributed by atoms with Crippen molar-refractivity contribution in [2.24, 2.45) is 0 Å². The molecule has 2 aromatic rings. The molecule has 0 spiro atoms. The third-order valence-corrected chi connectivity index (χ3v) is 3.66. The molecule has 2 N–H and O–H groups in total. The lowest BCUT2D eigenvalue weighted by atomic mass is 10.0. The molecule has 2 rings (SSSR count). The summed E-state index contributed by atoms with van der Waals surface area (Å²) in [5.41, 5.74) is 2.41. The normalized spacial score (nSPS) is 10.6. The average Bonchev–Trinajstić information content (AvgIpc) is 2.41. The number of phenols is 2. The molecule has 0 heterocycles. The van der Waals surface area contributed by atoms with Gasteiger partial charge in [0.1, 0.15) is 0 Å². The van der Waals surface area contributed by atoms with Crippen LogP contribution in [0.2, 0.25) is 0 Å². The molecule has 0 bridgehead atoms. The number of unbranched alkanes of at least 4 members (excludes halogenated alkanes) is 1. The van der Waals surface area contributed by atoms with E-state index in [0.29, 0.717) is 0 Å². The highest BCUT2D eigenvalue weighted by Gasteiger charge is 2.01. The van der Waals surface area contributed by atoms with E-state index in [1.165, 1.54) is 5.56 Å². The van der Waals surface area contributed by atoms with Gasteiger partial charge < -0.3 is 10.2 Å². The van der Waals surface area contributed by atoms with Gasteiger partial charge in [-0.1, -0.05) is 34.1 Å². The fourth-order valence-electron chi connectivity index (χ4n) is 2.03. The Balaban J connectivity index is 1.77. The highest BCUT2D eigenvalue weighted by Crippen LogP contribution is 2.25. The smallest absolute Gasteiger partial charge is 0.157 e. The van der Waals surface area contributed by atoms with Crippen molar-refractivity contribution in [1.29, 1.82) is 0 Å². The van der Waals surface area contributed by atoms with Crippen LogP contribution in [-0.4, -0.2) is 10.2 Å². The Hall–Kier alpha value is -1.48. The largest absolute Gasteiger partial charge is 0.504 e. The second-order valence-corrected chi connectivity index (χ2v) is 5.57. The molecule has 0 fully saturated rings. The Morgan fingerprint density at radius 3 is 1.95 bits per heavy atom. The first kappa shape index (κ1) is 13.9. The first-order valence-corrected chi connectivity index (χ1v) is 7.20. The summed E-state index contributed by atoms with van der Waals surface area (Å²) in [5.74, 6) is -0.0935. The van der Waals surface area contributed by atoms with E-state index < -0.39 is 0 Å². The lowest BCUT2D eigenvalue weighted by Gasteiger charge is -2.04. The molecular weight excluding hydrogens is 304 g/mol.